The molecule has 6 nitrogen and oxygen atoms in total. The molecule has 0 aromatic carbocycles. The molecule has 0 unspecified atom stereocenters. The molecule has 1 saturated heterocycles. The normalized spacial score (nSPS) is 17.6. The van der Waals surface area contributed by atoms with Gasteiger partial charge in [0, 0.05) is 32.4 Å². The molecule has 0 atom stereocenters. The second-order valence-electron chi connectivity index (χ2n) is 6.30. The van der Waals surface area contributed by atoms with E-state index in [0.29, 0.717) is 37.4 Å². The van der Waals surface area contributed by atoms with E-state index in [1.165, 1.54) is 0 Å². The lowest BCUT2D eigenvalue weighted by Gasteiger charge is -2.35. The third kappa shape index (κ3) is 3.62. The average Bonchev–Trinajstić information content (AvgIpc) is 2.88. The number of anilines is 1. The standard InChI is InChI=1S/C17H22FN5O/c1-13-11-15(22(2)21-13)20-16(24)12-23-9-6-17(18,7-10-23)14-5-3-4-8-19-14/h3-5,8,11H,6-7,9-10,12H2,1-2H3,(H,20,24). The van der Waals surface area contributed by atoms with Crippen molar-refractivity contribution in [2.75, 3.05) is 25.0 Å². The van der Waals surface area contributed by atoms with Gasteiger partial charge in [0.25, 0.3) is 0 Å². The minimum absolute atomic E-state index is 0.109. The predicted octanol–water partition coefficient (Wildman–Crippen LogP) is 2.02. The van der Waals surface area contributed by atoms with Gasteiger partial charge in [0.05, 0.1) is 17.9 Å². The number of rotatable bonds is 4. The van der Waals surface area contributed by atoms with Crippen LogP contribution in [0.5, 0.6) is 0 Å². The monoisotopic (exact) mass is 331 g/mol. The van der Waals surface area contributed by atoms with Gasteiger partial charge in [-0.2, -0.15) is 5.10 Å². The van der Waals surface area contributed by atoms with Crippen LogP contribution >= 0.6 is 0 Å². The van der Waals surface area contributed by atoms with Gasteiger partial charge in [-0.15, -0.1) is 0 Å². The number of nitrogens with zero attached hydrogens (tertiary/aromatic N) is 4. The Morgan fingerprint density at radius 1 is 1.38 bits per heavy atom. The first kappa shape index (κ1) is 16.6. The fourth-order valence-electron chi connectivity index (χ4n) is 3.06. The summed E-state index contributed by atoms with van der Waals surface area (Å²) in [5, 5.41) is 7.04. The lowest BCUT2D eigenvalue weighted by Crippen LogP contribution is -2.43. The minimum atomic E-state index is -1.40. The highest BCUT2D eigenvalue weighted by Crippen LogP contribution is 2.35. The first-order valence-corrected chi connectivity index (χ1v) is 8.09. The van der Waals surface area contributed by atoms with Crippen LogP contribution in [0.1, 0.15) is 24.2 Å². The summed E-state index contributed by atoms with van der Waals surface area (Å²) >= 11 is 0. The molecule has 0 bridgehead atoms. The van der Waals surface area contributed by atoms with Crippen molar-refractivity contribution in [1.29, 1.82) is 0 Å². The number of pyridine rings is 1. The van der Waals surface area contributed by atoms with Gasteiger partial charge in [-0.3, -0.25) is 19.4 Å². The number of halogens is 1. The number of carbonyl (C=O) groups excluding carboxylic acids is 1. The average molecular weight is 331 g/mol. The van der Waals surface area contributed by atoms with Gasteiger partial charge in [-0.05, 0) is 31.9 Å². The number of nitrogens with one attached hydrogen (secondary N) is 1. The summed E-state index contributed by atoms with van der Waals surface area (Å²) in [7, 11) is 1.79. The second kappa shape index (κ2) is 6.68. The van der Waals surface area contributed by atoms with E-state index >= 15 is 4.39 Å². The summed E-state index contributed by atoms with van der Waals surface area (Å²) in [4.78, 5) is 18.3. The van der Waals surface area contributed by atoms with Crippen LogP contribution in [0.3, 0.4) is 0 Å². The Morgan fingerprint density at radius 3 is 2.71 bits per heavy atom. The number of amides is 1. The van der Waals surface area contributed by atoms with E-state index < -0.39 is 5.67 Å². The van der Waals surface area contributed by atoms with Gasteiger partial charge in [-0.1, -0.05) is 6.07 Å². The van der Waals surface area contributed by atoms with Crippen molar-refractivity contribution < 1.29 is 9.18 Å². The molecule has 1 aliphatic heterocycles. The zero-order chi connectivity index (χ0) is 17.2. The Labute approximate surface area is 140 Å². The number of aromatic nitrogens is 3. The molecule has 7 heteroatoms. The number of likely N-dealkylation sites (tertiary alicyclic amines) is 1. The van der Waals surface area contributed by atoms with E-state index in [1.807, 2.05) is 17.9 Å². The first-order valence-electron chi connectivity index (χ1n) is 8.09. The van der Waals surface area contributed by atoms with Gasteiger partial charge in [0.1, 0.15) is 5.82 Å². The van der Waals surface area contributed by atoms with Gasteiger partial charge < -0.3 is 5.32 Å². The van der Waals surface area contributed by atoms with Crippen LogP contribution in [0.15, 0.2) is 30.5 Å². The summed E-state index contributed by atoms with van der Waals surface area (Å²) in [5.41, 5.74) is -0.0595. The van der Waals surface area contributed by atoms with Crippen molar-refractivity contribution in [2.24, 2.45) is 7.05 Å². The van der Waals surface area contributed by atoms with Gasteiger partial charge in [0.2, 0.25) is 5.91 Å². The maximum atomic E-state index is 15.0. The highest BCUT2D eigenvalue weighted by Gasteiger charge is 2.37. The number of piperidine rings is 1. The molecule has 0 radical (unpaired) electrons. The molecular weight excluding hydrogens is 309 g/mol. The van der Waals surface area contributed by atoms with Crippen LogP contribution in [0, 0.1) is 6.92 Å². The van der Waals surface area contributed by atoms with Crippen molar-refractivity contribution in [1.82, 2.24) is 19.7 Å². The molecule has 3 rings (SSSR count). The molecule has 0 saturated carbocycles. The molecule has 1 N–H and O–H groups in total. The molecule has 0 aliphatic carbocycles. The van der Waals surface area contributed by atoms with Crippen molar-refractivity contribution >= 4 is 11.7 Å². The van der Waals surface area contributed by atoms with Crippen LogP contribution in [0.25, 0.3) is 0 Å². The lowest BCUT2D eigenvalue weighted by atomic mass is 9.89. The summed E-state index contributed by atoms with van der Waals surface area (Å²) in [5.74, 6) is 0.560. The van der Waals surface area contributed by atoms with Crippen molar-refractivity contribution in [3.05, 3.63) is 41.9 Å². The number of carbonyl (C=O) groups is 1. The second-order valence-corrected chi connectivity index (χ2v) is 6.30. The number of hydrogen-bond donors (Lipinski definition) is 1. The Hall–Kier alpha value is -2.28. The number of alkyl halides is 1. The van der Waals surface area contributed by atoms with E-state index in [9.17, 15) is 4.79 Å². The van der Waals surface area contributed by atoms with Gasteiger partial charge in [0.15, 0.2) is 5.67 Å². The molecule has 0 spiro atoms. The highest BCUT2D eigenvalue weighted by atomic mass is 19.1. The largest absolute Gasteiger partial charge is 0.310 e. The predicted molar refractivity (Wildman–Crippen MR) is 89.3 cm³/mol. The van der Waals surface area contributed by atoms with Crippen molar-refractivity contribution in [3.63, 3.8) is 0 Å². The van der Waals surface area contributed by atoms with E-state index in [-0.39, 0.29) is 12.5 Å². The van der Waals surface area contributed by atoms with E-state index in [4.69, 9.17) is 0 Å². The number of hydrogen-bond acceptors (Lipinski definition) is 4. The van der Waals surface area contributed by atoms with Gasteiger partial charge in [-0.25, -0.2) is 4.39 Å². The fraction of sp³-hybridized carbons (Fsp3) is 0.471. The Morgan fingerprint density at radius 2 is 2.12 bits per heavy atom. The SMILES string of the molecule is Cc1cc(NC(=O)CN2CCC(F)(c3ccccn3)CC2)n(C)n1. The maximum Gasteiger partial charge on any atom is 0.239 e. The van der Waals surface area contributed by atoms with E-state index in [2.05, 4.69) is 15.4 Å². The summed E-state index contributed by atoms with van der Waals surface area (Å²) in [6.07, 6.45) is 2.32. The Balaban J connectivity index is 1.54. The smallest absolute Gasteiger partial charge is 0.239 e. The molecule has 2 aromatic heterocycles. The molecule has 128 valence electrons. The molecule has 3 heterocycles. The van der Waals surface area contributed by atoms with Gasteiger partial charge >= 0.3 is 0 Å². The lowest BCUT2D eigenvalue weighted by molar-refractivity contribution is -0.118. The summed E-state index contributed by atoms with van der Waals surface area (Å²) in [6.45, 7) is 3.19. The van der Waals surface area contributed by atoms with Crippen LogP contribution in [0.4, 0.5) is 10.2 Å². The van der Waals surface area contributed by atoms with Crippen LogP contribution in [-0.4, -0.2) is 45.2 Å². The summed E-state index contributed by atoms with van der Waals surface area (Å²) in [6, 6.07) is 7.14. The third-order valence-electron chi connectivity index (χ3n) is 4.41. The van der Waals surface area contributed by atoms with E-state index in [1.54, 1.807) is 36.1 Å². The molecule has 1 fully saturated rings. The summed E-state index contributed by atoms with van der Waals surface area (Å²) < 4.78 is 16.7. The topological polar surface area (TPSA) is 63.1 Å². The zero-order valence-electron chi connectivity index (χ0n) is 14.0. The van der Waals surface area contributed by atoms with Crippen LogP contribution in [-0.2, 0) is 17.5 Å². The number of aryl methyl sites for hydroxylation is 2. The van der Waals surface area contributed by atoms with Crippen LogP contribution < -0.4 is 5.32 Å². The quantitative estimate of drug-likeness (QED) is 0.931. The van der Waals surface area contributed by atoms with Crippen LogP contribution in [0.2, 0.25) is 0 Å². The first-order chi connectivity index (χ1) is 11.5. The molecule has 2 aromatic rings. The Kier molecular flexibility index (Phi) is 4.62. The maximum absolute atomic E-state index is 15.0. The molecule has 1 aliphatic rings. The molecule has 1 amide bonds. The molecular formula is C17H22FN5O. The Bertz CT molecular complexity index is 707. The zero-order valence-corrected chi connectivity index (χ0v) is 14.0. The van der Waals surface area contributed by atoms with E-state index in [0.717, 1.165) is 5.69 Å². The van der Waals surface area contributed by atoms with Crippen molar-refractivity contribution in [2.45, 2.75) is 25.4 Å². The molecule has 24 heavy (non-hydrogen) atoms. The third-order valence-corrected chi connectivity index (χ3v) is 4.41. The minimum Gasteiger partial charge on any atom is -0.310 e. The van der Waals surface area contributed by atoms with Crippen molar-refractivity contribution in [3.8, 4) is 0 Å². The fourth-order valence-corrected chi connectivity index (χ4v) is 3.06. The highest BCUT2D eigenvalue weighted by molar-refractivity contribution is 5.91.